The molecule has 5 rings (SSSR count). The van der Waals surface area contributed by atoms with Crippen molar-refractivity contribution in [3.63, 3.8) is 0 Å². The number of carbonyl (C=O) groups is 1. The van der Waals surface area contributed by atoms with Crippen molar-refractivity contribution in [2.45, 2.75) is 12.3 Å². The highest BCUT2D eigenvalue weighted by atomic mass is 16.5. The molecule has 4 aromatic rings. The van der Waals surface area contributed by atoms with Gasteiger partial charge in [0.25, 0.3) is 0 Å². The minimum absolute atomic E-state index is 0.0565. The first-order chi connectivity index (χ1) is 15.7. The van der Waals surface area contributed by atoms with Crippen LogP contribution in [0.25, 0.3) is 11.4 Å². The van der Waals surface area contributed by atoms with Crippen LogP contribution in [0.15, 0.2) is 83.4 Å². The first-order valence-electron chi connectivity index (χ1n) is 10.3. The average Bonchev–Trinajstić information content (AvgIpc) is 3.48. The fourth-order valence-corrected chi connectivity index (χ4v) is 3.70. The minimum atomic E-state index is -0.123. The Morgan fingerprint density at radius 2 is 1.56 bits per heavy atom. The Hall–Kier alpha value is -4.13. The zero-order chi connectivity index (χ0) is 21.9. The lowest BCUT2D eigenvalue weighted by Gasteiger charge is -2.15. The van der Waals surface area contributed by atoms with E-state index < -0.39 is 0 Å². The molecule has 1 atom stereocenters. The number of para-hydroxylation sites is 1. The van der Waals surface area contributed by atoms with Crippen molar-refractivity contribution in [3.8, 4) is 28.6 Å². The van der Waals surface area contributed by atoms with E-state index in [4.69, 9.17) is 14.0 Å². The molecule has 0 N–H and O–H groups in total. The zero-order valence-corrected chi connectivity index (χ0v) is 17.5. The van der Waals surface area contributed by atoms with Crippen LogP contribution in [0.4, 0.5) is 5.69 Å². The number of carbonyl (C=O) groups excluding carboxylic acids is 1. The van der Waals surface area contributed by atoms with E-state index >= 15 is 0 Å². The van der Waals surface area contributed by atoms with Gasteiger partial charge in [-0.1, -0.05) is 23.4 Å². The molecular weight excluding hydrogens is 406 g/mol. The normalized spacial score (nSPS) is 15.7. The summed E-state index contributed by atoms with van der Waals surface area (Å²) in [5.74, 6) is 3.09. The molecule has 1 fully saturated rings. The standard InChI is InChI=1S/C25H21N3O4/c1-30-20-11-13-22(14-12-20)31-21-9-7-17(8-10-21)24-26-25(32-27-24)18-15-23(29)28(16-18)19-5-3-2-4-6-19/h2-14,18H,15-16H2,1H3. The second kappa shape index (κ2) is 8.55. The monoisotopic (exact) mass is 427 g/mol. The molecule has 0 radical (unpaired) electrons. The number of rotatable bonds is 6. The van der Waals surface area contributed by atoms with E-state index in [-0.39, 0.29) is 11.8 Å². The van der Waals surface area contributed by atoms with Gasteiger partial charge in [-0.3, -0.25) is 4.79 Å². The Kier molecular flexibility index (Phi) is 5.29. The van der Waals surface area contributed by atoms with E-state index in [0.717, 1.165) is 17.0 Å². The predicted molar refractivity (Wildman–Crippen MR) is 119 cm³/mol. The number of amides is 1. The van der Waals surface area contributed by atoms with Gasteiger partial charge in [0, 0.05) is 24.2 Å². The molecule has 0 spiro atoms. The quantitative estimate of drug-likeness (QED) is 0.428. The van der Waals surface area contributed by atoms with Crippen LogP contribution in [0, 0.1) is 0 Å². The first kappa shape index (κ1) is 19.8. The summed E-state index contributed by atoms with van der Waals surface area (Å²) in [6.45, 7) is 0.527. The molecule has 1 unspecified atom stereocenters. The molecule has 32 heavy (non-hydrogen) atoms. The summed E-state index contributed by atoms with van der Waals surface area (Å²) in [4.78, 5) is 18.8. The number of benzene rings is 3. The van der Waals surface area contributed by atoms with Gasteiger partial charge in [0.15, 0.2) is 0 Å². The molecule has 2 heterocycles. The van der Waals surface area contributed by atoms with Crippen LogP contribution in [0.1, 0.15) is 18.2 Å². The number of ether oxygens (including phenoxy) is 2. The third-order valence-corrected chi connectivity index (χ3v) is 5.39. The maximum absolute atomic E-state index is 12.5. The zero-order valence-electron chi connectivity index (χ0n) is 17.5. The van der Waals surface area contributed by atoms with Gasteiger partial charge < -0.3 is 18.9 Å². The van der Waals surface area contributed by atoms with E-state index in [0.29, 0.717) is 36.2 Å². The molecule has 1 aromatic heterocycles. The van der Waals surface area contributed by atoms with Gasteiger partial charge in [0.05, 0.1) is 13.0 Å². The fraction of sp³-hybridized carbons (Fsp3) is 0.160. The fourth-order valence-electron chi connectivity index (χ4n) is 3.70. The highest BCUT2D eigenvalue weighted by Crippen LogP contribution is 2.32. The average molecular weight is 427 g/mol. The van der Waals surface area contributed by atoms with Crippen molar-refractivity contribution >= 4 is 11.6 Å². The van der Waals surface area contributed by atoms with E-state index in [1.54, 1.807) is 12.0 Å². The van der Waals surface area contributed by atoms with E-state index in [1.165, 1.54) is 0 Å². The molecule has 1 amide bonds. The molecule has 1 aliphatic rings. The van der Waals surface area contributed by atoms with Gasteiger partial charge in [0.1, 0.15) is 17.2 Å². The molecule has 0 saturated carbocycles. The van der Waals surface area contributed by atoms with Crippen LogP contribution in [0.2, 0.25) is 0 Å². The van der Waals surface area contributed by atoms with Crippen LogP contribution in [0.3, 0.4) is 0 Å². The molecular formula is C25H21N3O4. The maximum Gasteiger partial charge on any atom is 0.232 e. The van der Waals surface area contributed by atoms with Crippen molar-refractivity contribution in [2.75, 3.05) is 18.6 Å². The maximum atomic E-state index is 12.5. The molecule has 1 saturated heterocycles. The predicted octanol–water partition coefficient (Wildman–Crippen LogP) is 5.06. The lowest BCUT2D eigenvalue weighted by Crippen LogP contribution is -2.24. The van der Waals surface area contributed by atoms with E-state index in [1.807, 2.05) is 78.9 Å². The van der Waals surface area contributed by atoms with Crippen molar-refractivity contribution in [2.24, 2.45) is 0 Å². The summed E-state index contributed by atoms with van der Waals surface area (Å²) >= 11 is 0. The largest absolute Gasteiger partial charge is 0.497 e. The molecule has 0 bridgehead atoms. The van der Waals surface area contributed by atoms with Crippen LogP contribution in [-0.4, -0.2) is 29.7 Å². The van der Waals surface area contributed by atoms with Crippen LogP contribution < -0.4 is 14.4 Å². The van der Waals surface area contributed by atoms with Gasteiger partial charge in [-0.25, -0.2) is 0 Å². The van der Waals surface area contributed by atoms with Gasteiger partial charge in [0.2, 0.25) is 17.6 Å². The molecule has 7 heteroatoms. The number of nitrogens with zero attached hydrogens (tertiary/aromatic N) is 3. The highest BCUT2D eigenvalue weighted by Gasteiger charge is 2.35. The summed E-state index contributed by atoms with van der Waals surface area (Å²) in [6, 6.07) is 24.5. The lowest BCUT2D eigenvalue weighted by atomic mass is 10.1. The number of methoxy groups -OCH3 is 1. The number of hydrogen-bond donors (Lipinski definition) is 0. The summed E-state index contributed by atoms with van der Waals surface area (Å²) < 4.78 is 16.5. The van der Waals surface area contributed by atoms with Gasteiger partial charge in [-0.2, -0.15) is 4.98 Å². The lowest BCUT2D eigenvalue weighted by molar-refractivity contribution is -0.117. The summed E-state index contributed by atoms with van der Waals surface area (Å²) in [7, 11) is 1.63. The Morgan fingerprint density at radius 3 is 2.25 bits per heavy atom. The molecule has 1 aliphatic heterocycles. The Bertz CT molecular complexity index is 1200. The SMILES string of the molecule is COc1ccc(Oc2ccc(-c3noc(C4CC(=O)N(c5ccccc5)C4)n3)cc2)cc1. The van der Waals surface area contributed by atoms with Gasteiger partial charge >= 0.3 is 0 Å². The topological polar surface area (TPSA) is 77.7 Å². The third kappa shape index (κ3) is 4.05. The Balaban J connectivity index is 1.27. The van der Waals surface area contributed by atoms with Crippen molar-refractivity contribution in [1.29, 1.82) is 0 Å². The molecule has 3 aromatic carbocycles. The Morgan fingerprint density at radius 1 is 0.906 bits per heavy atom. The Labute approximate surface area is 185 Å². The smallest absolute Gasteiger partial charge is 0.232 e. The third-order valence-electron chi connectivity index (χ3n) is 5.39. The minimum Gasteiger partial charge on any atom is -0.497 e. The van der Waals surface area contributed by atoms with Crippen molar-refractivity contribution < 1.29 is 18.8 Å². The van der Waals surface area contributed by atoms with Crippen LogP contribution in [0.5, 0.6) is 17.2 Å². The van der Waals surface area contributed by atoms with Crippen molar-refractivity contribution in [1.82, 2.24) is 10.1 Å². The number of hydrogen-bond acceptors (Lipinski definition) is 6. The summed E-state index contributed by atoms with van der Waals surface area (Å²) in [6.07, 6.45) is 0.352. The molecule has 160 valence electrons. The summed E-state index contributed by atoms with van der Waals surface area (Å²) in [5.41, 5.74) is 1.69. The molecule has 0 aliphatic carbocycles. The van der Waals surface area contributed by atoms with E-state index in [2.05, 4.69) is 10.1 Å². The van der Waals surface area contributed by atoms with Crippen LogP contribution >= 0.6 is 0 Å². The number of aromatic nitrogens is 2. The first-order valence-corrected chi connectivity index (χ1v) is 10.3. The second-order valence-electron chi connectivity index (χ2n) is 7.50. The summed E-state index contributed by atoms with van der Waals surface area (Å²) in [5, 5.41) is 4.12. The van der Waals surface area contributed by atoms with Crippen LogP contribution in [-0.2, 0) is 4.79 Å². The second-order valence-corrected chi connectivity index (χ2v) is 7.50. The van der Waals surface area contributed by atoms with E-state index in [9.17, 15) is 4.79 Å². The highest BCUT2D eigenvalue weighted by molar-refractivity contribution is 5.96. The van der Waals surface area contributed by atoms with Crippen molar-refractivity contribution in [3.05, 3.63) is 84.8 Å². The van der Waals surface area contributed by atoms with Gasteiger partial charge in [-0.05, 0) is 60.7 Å². The molecule has 7 nitrogen and oxygen atoms in total. The number of anilines is 1. The van der Waals surface area contributed by atoms with Gasteiger partial charge in [-0.15, -0.1) is 0 Å².